The zero-order valence-electron chi connectivity index (χ0n) is 12.2. The van der Waals surface area contributed by atoms with E-state index in [0.717, 1.165) is 49.0 Å². The second-order valence-corrected chi connectivity index (χ2v) is 6.37. The van der Waals surface area contributed by atoms with Crippen molar-refractivity contribution in [2.24, 2.45) is 5.92 Å². The summed E-state index contributed by atoms with van der Waals surface area (Å²) in [6.45, 7) is 2.05. The number of hydrogen-bond donors (Lipinski definition) is 1. The van der Waals surface area contributed by atoms with Gasteiger partial charge in [-0.25, -0.2) is 0 Å². The van der Waals surface area contributed by atoms with Crippen molar-refractivity contribution >= 4 is 5.78 Å². The molecule has 1 N–H and O–H groups in total. The summed E-state index contributed by atoms with van der Waals surface area (Å²) in [5.41, 5.74) is 1.65. The normalized spacial score (nSPS) is 29.3. The Balaban J connectivity index is 2.20. The highest BCUT2D eigenvalue weighted by Gasteiger charge is 2.45. The fraction of sp³-hybridized carbons (Fsp3) is 0.588. The molecule has 20 heavy (non-hydrogen) atoms. The van der Waals surface area contributed by atoms with Crippen molar-refractivity contribution in [2.75, 3.05) is 7.11 Å². The average Bonchev–Trinajstić information content (AvgIpc) is 2.43. The Morgan fingerprint density at radius 1 is 1.30 bits per heavy atom. The van der Waals surface area contributed by atoms with Gasteiger partial charge in [-0.05, 0) is 43.4 Å². The third-order valence-electron chi connectivity index (χ3n) is 5.10. The van der Waals surface area contributed by atoms with Gasteiger partial charge in [0.25, 0.3) is 0 Å². The molecule has 1 aromatic carbocycles. The molecule has 2 unspecified atom stereocenters. The summed E-state index contributed by atoms with van der Waals surface area (Å²) in [6.07, 6.45) is 6.03. The standard InChI is InChI=1S/C17H22O3/c1-17-7-5-3-4-6-11(16(17)19)8-13-14(17)9-12(18)10-15(13)20-2/h9-11,18H,3-8H2,1-2H3. The van der Waals surface area contributed by atoms with Crippen molar-refractivity contribution < 1.29 is 14.6 Å². The number of carbonyl (C=O) groups excluding carboxylic acids is 1. The minimum atomic E-state index is -0.454. The lowest BCUT2D eigenvalue weighted by Crippen LogP contribution is -2.44. The zero-order chi connectivity index (χ0) is 14.3. The first-order valence-electron chi connectivity index (χ1n) is 7.51. The Morgan fingerprint density at radius 3 is 2.85 bits per heavy atom. The molecule has 108 valence electrons. The maximum Gasteiger partial charge on any atom is 0.146 e. The van der Waals surface area contributed by atoms with Crippen LogP contribution >= 0.6 is 0 Å². The Labute approximate surface area is 120 Å². The van der Waals surface area contributed by atoms with Crippen LogP contribution in [0.3, 0.4) is 0 Å². The molecule has 3 nitrogen and oxygen atoms in total. The summed E-state index contributed by atoms with van der Waals surface area (Å²) in [7, 11) is 1.63. The molecule has 0 aliphatic heterocycles. The lowest BCUT2D eigenvalue weighted by atomic mass is 9.62. The molecule has 0 radical (unpaired) electrons. The smallest absolute Gasteiger partial charge is 0.146 e. The minimum absolute atomic E-state index is 0.117. The van der Waals surface area contributed by atoms with Crippen molar-refractivity contribution in [3.8, 4) is 11.5 Å². The predicted octanol–water partition coefficient (Wildman–Crippen LogP) is 3.36. The number of rotatable bonds is 1. The van der Waals surface area contributed by atoms with E-state index in [4.69, 9.17) is 4.74 Å². The van der Waals surface area contributed by atoms with Gasteiger partial charge in [0.15, 0.2) is 0 Å². The van der Waals surface area contributed by atoms with Crippen molar-refractivity contribution in [1.29, 1.82) is 0 Å². The molecule has 2 bridgehead atoms. The van der Waals surface area contributed by atoms with E-state index in [9.17, 15) is 9.90 Å². The number of benzene rings is 1. The predicted molar refractivity (Wildman–Crippen MR) is 77.3 cm³/mol. The maximum absolute atomic E-state index is 12.9. The van der Waals surface area contributed by atoms with Gasteiger partial charge in [-0.1, -0.05) is 19.3 Å². The number of Topliss-reactive ketones (excluding diaryl/α,β-unsaturated/α-hetero) is 1. The van der Waals surface area contributed by atoms with E-state index in [1.807, 2.05) is 6.92 Å². The van der Waals surface area contributed by atoms with Gasteiger partial charge in [0, 0.05) is 12.0 Å². The molecule has 1 saturated carbocycles. The Kier molecular flexibility index (Phi) is 3.23. The second-order valence-electron chi connectivity index (χ2n) is 6.37. The summed E-state index contributed by atoms with van der Waals surface area (Å²) in [4.78, 5) is 12.9. The summed E-state index contributed by atoms with van der Waals surface area (Å²) >= 11 is 0. The molecule has 2 aliphatic carbocycles. The van der Waals surface area contributed by atoms with Crippen LogP contribution in [0.25, 0.3) is 0 Å². The van der Waals surface area contributed by atoms with Crippen LogP contribution in [-0.2, 0) is 16.6 Å². The van der Waals surface area contributed by atoms with Gasteiger partial charge < -0.3 is 9.84 Å². The van der Waals surface area contributed by atoms with Gasteiger partial charge in [0.05, 0.1) is 12.5 Å². The SMILES string of the molecule is COc1cc(O)cc2c1CC1CCCCCC2(C)C1=O. The van der Waals surface area contributed by atoms with Crippen molar-refractivity contribution in [1.82, 2.24) is 0 Å². The molecule has 0 amide bonds. The Bertz CT molecular complexity index is 549. The largest absolute Gasteiger partial charge is 0.508 e. The van der Waals surface area contributed by atoms with Gasteiger partial charge >= 0.3 is 0 Å². The topological polar surface area (TPSA) is 46.5 Å². The Morgan fingerprint density at radius 2 is 2.10 bits per heavy atom. The van der Waals surface area contributed by atoms with Gasteiger partial charge in [-0.2, -0.15) is 0 Å². The highest BCUT2D eigenvalue weighted by Crippen LogP contribution is 2.47. The number of phenols is 1. The van der Waals surface area contributed by atoms with Crippen LogP contribution < -0.4 is 4.74 Å². The van der Waals surface area contributed by atoms with Crippen LogP contribution in [0.15, 0.2) is 12.1 Å². The molecule has 0 saturated heterocycles. The number of ether oxygens (including phenoxy) is 1. The minimum Gasteiger partial charge on any atom is -0.508 e. The van der Waals surface area contributed by atoms with Crippen LogP contribution in [0.1, 0.15) is 50.2 Å². The van der Waals surface area contributed by atoms with Gasteiger partial charge in [0.1, 0.15) is 17.3 Å². The number of ketones is 1. The molecule has 2 aliphatic rings. The number of methoxy groups -OCH3 is 1. The fourth-order valence-electron chi connectivity index (χ4n) is 3.98. The number of phenolic OH excluding ortho intramolecular Hbond substituents is 1. The molecule has 1 aromatic rings. The summed E-state index contributed by atoms with van der Waals surface area (Å²) in [5, 5.41) is 9.93. The van der Waals surface area contributed by atoms with Crippen LogP contribution in [0.5, 0.6) is 11.5 Å². The van der Waals surface area contributed by atoms with E-state index in [2.05, 4.69) is 0 Å². The van der Waals surface area contributed by atoms with E-state index in [1.54, 1.807) is 19.2 Å². The summed E-state index contributed by atoms with van der Waals surface area (Å²) in [6, 6.07) is 3.44. The maximum atomic E-state index is 12.9. The van der Waals surface area contributed by atoms with Crippen LogP contribution in [0.2, 0.25) is 0 Å². The summed E-state index contributed by atoms with van der Waals surface area (Å²) < 4.78 is 5.44. The molecular formula is C17H22O3. The molecule has 0 spiro atoms. The first-order valence-corrected chi connectivity index (χ1v) is 7.51. The second kappa shape index (κ2) is 4.80. The number of fused-ring (bicyclic) bond motifs is 4. The lowest BCUT2D eigenvalue weighted by Gasteiger charge is -2.40. The summed E-state index contributed by atoms with van der Waals surface area (Å²) in [5.74, 6) is 1.39. The van der Waals surface area contributed by atoms with Crippen molar-refractivity contribution in [2.45, 2.75) is 50.9 Å². The quantitative estimate of drug-likeness (QED) is 0.854. The highest BCUT2D eigenvalue weighted by atomic mass is 16.5. The monoisotopic (exact) mass is 274 g/mol. The van der Waals surface area contributed by atoms with Crippen LogP contribution in [-0.4, -0.2) is 18.0 Å². The molecule has 0 aromatic heterocycles. The van der Waals surface area contributed by atoms with Gasteiger partial charge in [-0.15, -0.1) is 0 Å². The number of aromatic hydroxyl groups is 1. The molecule has 1 fully saturated rings. The first-order chi connectivity index (χ1) is 9.56. The molecular weight excluding hydrogens is 252 g/mol. The van der Waals surface area contributed by atoms with Gasteiger partial charge in [-0.3, -0.25) is 4.79 Å². The van der Waals surface area contributed by atoms with Crippen LogP contribution in [0.4, 0.5) is 0 Å². The van der Waals surface area contributed by atoms with E-state index in [0.29, 0.717) is 5.78 Å². The zero-order valence-corrected chi connectivity index (χ0v) is 12.2. The number of carbonyl (C=O) groups is 1. The average molecular weight is 274 g/mol. The van der Waals surface area contributed by atoms with E-state index >= 15 is 0 Å². The van der Waals surface area contributed by atoms with E-state index in [1.165, 1.54) is 6.42 Å². The Hall–Kier alpha value is -1.51. The molecule has 3 heteroatoms. The van der Waals surface area contributed by atoms with E-state index in [-0.39, 0.29) is 11.7 Å². The number of hydrogen-bond acceptors (Lipinski definition) is 3. The van der Waals surface area contributed by atoms with Crippen molar-refractivity contribution in [3.63, 3.8) is 0 Å². The van der Waals surface area contributed by atoms with Crippen molar-refractivity contribution in [3.05, 3.63) is 23.3 Å². The molecule has 0 heterocycles. The third-order valence-corrected chi connectivity index (χ3v) is 5.10. The molecule has 3 rings (SSSR count). The third kappa shape index (κ3) is 1.91. The lowest BCUT2D eigenvalue weighted by molar-refractivity contribution is -0.130. The van der Waals surface area contributed by atoms with Gasteiger partial charge in [0.2, 0.25) is 0 Å². The van der Waals surface area contributed by atoms with Crippen LogP contribution in [0, 0.1) is 5.92 Å². The molecule has 2 atom stereocenters. The fourth-order valence-corrected chi connectivity index (χ4v) is 3.98. The first kappa shape index (κ1) is 13.5. The van der Waals surface area contributed by atoms with E-state index < -0.39 is 5.41 Å². The highest BCUT2D eigenvalue weighted by molar-refractivity contribution is 5.94.